The van der Waals surface area contributed by atoms with Crippen molar-refractivity contribution in [3.63, 3.8) is 0 Å². The van der Waals surface area contributed by atoms with Gasteiger partial charge in [0.15, 0.2) is 6.10 Å². The zero-order chi connectivity index (χ0) is 49.6. The van der Waals surface area contributed by atoms with E-state index in [2.05, 4.69) is 34.6 Å². The molecule has 0 aromatic rings. The van der Waals surface area contributed by atoms with Gasteiger partial charge in [0, 0.05) is 19.3 Å². The highest BCUT2D eigenvalue weighted by atomic mass is 16.6. The lowest BCUT2D eigenvalue weighted by molar-refractivity contribution is -0.167. The van der Waals surface area contributed by atoms with Gasteiger partial charge in [-0.1, -0.05) is 311 Å². The van der Waals surface area contributed by atoms with Crippen LogP contribution in [0.1, 0.15) is 349 Å². The molecule has 0 saturated heterocycles. The van der Waals surface area contributed by atoms with Crippen molar-refractivity contribution in [2.45, 2.75) is 355 Å². The summed E-state index contributed by atoms with van der Waals surface area (Å²) in [5.74, 6) is 0.862. The highest BCUT2D eigenvalue weighted by Crippen LogP contribution is 2.19. The minimum absolute atomic E-state index is 0.0626. The van der Waals surface area contributed by atoms with Crippen LogP contribution in [0.2, 0.25) is 0 Å². The van der Waals surface area contributed by atoms with Crippen molar-refractivity contribution in [1.29, 1.82) is 0 Å². The molecule has 0 fully saturated rings. The van der Waals surface area contributed by atoms with Gasteiger partial charge in [-0.25, -0.2) is 0 Å². The van der Waals surface area contributed by atoms with Gasteiger partial charge < -0.3 is 14.2 Å². The smallest absolute Gasteiger partial charge is 0.306 e. The van der Waals surface area contributed by atoms with Crippen molar-refractivity contribution in [2.24, 2.45) is 11.8 Å². The Morgan fingerprint density at radius 3 is 0.838 bits per heavy atom. The maximum Gasteiger partial charge on any atom is 0.306 e. The lowest BCUT2D eigenvalue weighted by atomic mass is 9.99. The first-order valence-electron chi connectivity index (χ1n) is 30.8. The summed E-state index contributed by atoms with van der Waals surface area (Å²) in [4.78, 5) is 38.2. The molecule has 0 radical (unpaired) electrons. The number of rotatable bonds is 56. The molecule has 68 heavy (non-hydrogen) atoms. The molecule has 404 valence electrons. The molecular weight excluding hydrogens is 841 g/mol. The summed E-state index contributed by atoms with van der Waals surface area (Å²) in [6.07, 6.45) is 59.6. The molecule has 0 aliphatic rings. The number of hydrogen-bond acceptors (Lipinski definition) is 6. The number of carbonyl (C=O) groups is 3. The van der Waals surface area contributed by atoms with Gasteiger partial charge in [-0.05, 0) is 31.1 Å². The lowest BCUT2D eigenvalue weighted by Crippen LogP contribution is -2.30. The fourth-order valence-corrected chi connectivity index (χ4v) is 9.55. The monoisotopic (exact) mass is 961 g/mol. The Labute approximate surface area is 425 Å². The summed E-state index contributed by atoms with van der Waals surface area (Å²) in [5.41, 5.74) is 0. The van der Waals surface area contributed by atoms with Gasteiger partial charge in [-0.15, -0.1) is 0 Å². The van der Waals surface area contributed by atoms with Crippen molar-refractivity contribution < 1.29 is 28.6 Å². The van der Waals surface area contributed by atoms with Gasteiger partial charge in [0.1, 0.15) is 13.2 Å². The van der Waals surface area contributed by atoms with Crippen LogP contribution in [0.15, 0.2) is 0 Å². The first kappa shape index (κ1) is 66.4. The summed E-state index contributed by atoms with van der Waals surface area (Å²) < 4.78 is 16.9. The third-order valence-corrected chi connectivity index (χ3v) is 14.6. The molecule has 0 amide bonds. The topological polar surface area (TPSA) is 78.9 Å². The van der Waals surface area contributed by atoms with Crippen molar-refractivity contribution in [2.75, 3.05) is 13.2 Å². The molecule has 2 atom stereocenters. The molecular formula is C62H120O6. The van der Waals surface area contributed by atoms with Gasteiger partial charge >= 0.3 is 17.9 Å². The van der Waals surface area contributed by atoms with Crippen molar-refractivity contribution in [3.05, 3.63) is 0 Å². The van der Waals surface area contributed by atoms with E-state index >= 15 is 0 Å². The average molecular weight is 962 g/mol. The number of esters is 3. The molecule has 6 nitrogen and oxygen atoms in total. The SMILES string of the molecule is CCCCCCCCCCCCCCCCCCCCCC(=O)OC[C@H](COC(=O)CCCCCCCCCCC(C)CC)OC(=O)CCCCCCCCCCCCCCCCCCC(C)C. The van der Waals surface area contributed by atoms with E-state index in [1.807, 2.05) is 0 Å². The Balaban J connectivity index is 4.26. The van der Waals surface area contributed by atoms with Crippen LogP contribution in [0.3, 0.4) is 0 Å². The number of carbonyl (C=O) groups excluding carboxylic acids is 3. The Morgan fingerprint density at radius 2 is 0.559 bits per heavy atom. The van der Waals surface area contributed by atoms with Crippen LogP contribution in [0, 0.1) is 11.8 Å². The van der Waals surface area contributed by atoms with Crippen molar-refractivity contribution in [3.8, 4) is 0 Å². The first-order valence-corrected chi connectivity index (χ1v) is 30.8. The van der Waals surface area contributed by atoms with Crippen LogP contribution >= 0.6 is 0 Å². The van der Waals surface area contributed by atoms with E-state index in [9.17, 15) is 14.4 Å². The summed E-state index contributed by atoms with van der Waals surface area (Å²) >= 11 is 0. The molecule has 0 saturated carbocycles. The summed E-state index contributed by atoms with van der Waals surface area (Å²) in [7, 11) is 0. The predicted molar refractivity (Wildman–Crippen MR) is 293 cm³/mol. The highest BCUT2D eigenvalue weighted by Gasteiger charge is 2.19. The van der Waals surface area contributed by atoms with Crippen LogP contribution in [0.4, 0.5) is 0 Å². The number of hydrogen-bond donors (Lipinski definition) is 0. The van der Waals surface area contributed by atoms with E-state index in [0.717, 1.165) is 69.6 Å². The zero-order valence-electron chi connectivity index (χ0n) is 46.7. The number of unbranched alkanes of at least 4 members (excludes halogenated alkanes) is 40. The molecule has 1 unspecified atom stereocenters. The first-order chi connectivity index (χ1) is 33.3. The molecule has 0 aliphatic heterocycles. The summed E-state index contributed by atoms with van der Waals surface area (Å²) in [6, 6.07) is 0. The third kappa shape index (κ3) is 53.8. The third-order valence-electron chi connectivity index (χ3n) is 14.6. The van der Waals surface area contributed by atoms with E-state index < -0.39 is 6.10 Å². The van der Waals surface area contributed by atoms with Crippen LogP contribution in [0.5, 0.6) is 0 Å². The summed E-state index contributed by atoms with van der Waals surface area (Å²) in [6.45, 7) is 11.4. The van der Waals surface area contributed by atoms with Gasteiger partial charge in [-0.2, -0.15) is 0 Å². The van der Waals surface area contributed by atoms with E-state index in [-0.39, 0.29) is 31.1 Å². The van der Waals surface area contributed by atoms with Crippen molar-refractivity contribution in [1.82, 2.24) is 0 Å². The van der Waals surface area contributed by atoms with E-state index in [4.69, 9.17) is 14.2 Å². The Kier molecular flexibility index (Phi) is 53.5. The van der Waals surface area contributed by atoms with Crippen LogP contribution < -0.4 is 0 Å². The molecule has 0 bridgehead atoms. The molecule has 0 heterocycles. The fourth-order valence-electron chi connectivity index (χ4n) is 9.55. The maximum absolute atomic E-state index is 12.9. The molecule has 0 aliphatic carbocycles. The van der Waals surface area contributed by atoms with Gasteiger partial charge in [0.2, 0.25) is 0 Å². The second kappa shape index (κ2) is 54.7. The van der Waals surface area contributed by atoms with E-state index in [1.54, 1.807) is 0 Å². The largest absolute Gasteiger partial charge is 0.462 e. The van der Waals surface area contributed by atoms with Gasteiger partial charge in [-0.3, -0.25) is 14.4 Å². The lowest BCUT2D eigenvalue weighted by Gasteiger charge is -2.18. The molecule has 0 N–H and O–H groups in total. The number of ether oxygens (including phenoxy) is 3. The quantitative estimate of drug-likeness (QED) is 0.0343. The van der Waals surface area contributed by atoms with Gasteiger partial charge in [0.25, 0.3) is 0 Å². The fraction of sp³-hybridized carbons (Fsp3) is 0.952. The van der Waals surface area contributed by atoms with Gasteiger partial charge in [0.05, 0.1) is 0 Å². The minimum atomic E-state index is -0.764. The summed E-state index contributed by atoms with van der Waals surface area (Å²) in [5, 5.41) is 0. The molecule has 0 rings (SSSR count). The molecule has 0 spiro atoms. The second-order valence-corrected chi connectivity index (χ2v) is 22.1. The standard InChI is InChI=1S/C62H120O6/c1-6-8-9-10-11-12-13-14-15-16-17-18-22-25-28-31-37-42-47-52-60(63)66-55-59(56-67-61(64)53-48-43-38-34-33-36-41-46-51-58(5)7-2)68-62(65)54-49-44-39-32-29-26-23-20-19-21-24-27-30-35-40-45-50-57(3)4/h57-59H,6-56H2,1-5H3/t58?,59-/m1/s1. The second-order valence-electron chi connectivity index (χ2n) is 22.1. The van der Waals surface area contributed by atoms with Crippen LogP contribution in [-0.4, -0.2) is 37.2 Å². The Hall–Kier alpha value is -1.59. The molecule has 0 aromatic heterocycles. The normalized spacial score (nSPS) is 12.4. The Morgan fingerprint density at radius 1 is 0.309 bits per heavy atom. The van der Waals surface area contributed by atoms with Crippen LogP contribution in [0.25, 0.3) is 0 Å². The predicted octanol–water partition coefficient (Wildman–Crippen LogP) is 20.4. The zero-order valence-corrected chi connectivity index (χ0v) is 46.7. The minimum Gasteiger partial charge on any atom is -0.462 e. The Bertz CT molecular complexity index is 1040. The highest BCUT2D eigenvalue weighted by molar-refractivity contribution is 5.71. The molecule has 6 heteroatoms. The maximum atomic E-state index is 12.9. The van der Waals surface area contributed by atoms with Crippen LogP contribution in [-0.2, 0) is 28.6 Å². The molecule has 0 aromatic carbocycles. The van der Waals surface area contributed by atoms with E-state index in [0.29, 0.717) is 19.3 Å². The van der Waals surface area contributed by atoms with E-state index in [1.165, 1.54) is 238 Å². The van der Waals surface area contributed by atoms with Crippen molar-refractivity contribution >= 4 is 17.9 Å². The average Bonchev–Trinajstić information content (AvgIpc) is 3.32.